The number of rotatable bonds is 5. The first kappa shape index (κ1) is 17.8. The van der Waals surface area contributed by atoms with Gasteiger partial charge in [-0.15, -0.1) is 0 Å². The second-order valence-corrected chi connectivity index (χ2v) is 8.29. The van der Waals surface area contributed by atoms with Gasteiger partial charge in [0.25, 0.3) is 5.91 Å². The van der Waals surface area contributed by atoms with Crippen LogP contribution in [0.2, 0.25) is 0 Å². The Morgan fingerprint density at radius 3 is 2.76 bits per heavy atom. The molecule has 1 aliphatic rings. The highest BCUT2D eigenvalue weighted by atomic mass is 32.2. The number of carbonyl (C=O) groups is 1. The number of nitrogens with one attached hydrogen (secondary N) is 1. The van der Waals surface area contributed by atoms with Crippen LogP contribution in [0.25, 0.3) is 10.9 Å². The van der Waals surface area contributed by atoms with E-state index in [2.05, 4.69) is 9.71 Å². The Morgan fingerprint density at radius 2 is 2.04 bits per heavy atom. The molecule has 3 rings (SSSR count). The molecule has 1 N–H and O–H groups in total. The summed E-state index contributed by atoms with van der Waals surface area (Å²) in [5, 5.41) is 0.940. The molecule has 0 bridgehead atoms. The second kappa shape index (κ2) is 7.49. The van der Waals surface area contributed by atoms with Crippen LogP contribution < -0.4 is 4.72 Å². The maximum atomic E-state index is 12.7. The third-order valence-electron chi connectivity index (χ3n) is 4.45. The zero-order valence-electron chi connectivity index (χ0n) is 14.3. The monoisotopic (exact) mass is 361 g/mol. The van der Waals surface area contributed by atoms with E-state index < -0.39 is 10.0 Å². The lowest BCUT2D eigenvalue weighted by molar-refractivity contribution is 0.0711. The van der Waals surface area contributed by atoms with E-state index in [0.29, 0.717) is 37.9 Å². The molecule has 1 fully saturated rings. The molecule has 1 aromatic heterocycles. The first-order chi connectivity index (χ1) is 12.0. The molecule has 1 aromatic carbocycles. The SMILES string of the molecule is CCCS(=O)(=O)NC1CCN(C(=O)c2ccc3ncccc3c2)CC1. The maximum Gasteiger partial charge on any atom is 0.253 e. The van der Waals surface area contributed by atoms with Gasteiger partial charge in [0.05, 0.1) is 11.3 Å². The number of sulfonamides is 1. The molecule has 25 heavy (non-hydrogen) atoms. The number of piperidine rings is 1. The number of pyridine rings is 1. The van der Waals surface area contributed by atoms with Crippen molar-refractivity contribution in [2.75, 3.05) is 18.8 Å². The molecule has 0 saturated carbocycles. The van der Waals surface area contributed by atoms with Crippen LogP contribution in [0.5, 0.6) is 0 Å². The Morgan fingerprint density at radius 1 is 1.28 bits per heavy atom. The van der Waals surface area contributed by atoms with Gasteiger partial charge in [0, 0.05) is 36.3 Å². The van der Waals surface area contributed by atoms with E-state index in [4.69, 9.17) is 0 Å². The van der Waals surface area contributed by atoms with Gasteiger partial charge in [-0.1, -0.05) is 13.0 Å². The normalized spacial score (nSPS) is 16.3. The smallest absolute Gasteiger partial charge is 0.253 e. The third-order valence-corrected chi connectivity index (χ3v) is 6.09. The molecule has 1 amide bonds. The quantitative estimate of drug-likeness (QED) is 0.885. The minimum Gasteiger partial charge on any atom is -0.339 e. The van der Waals surface area contributed by atoms with Gasteiger partial charge >= 0.3 is 0 Å². The largest absolute Gasteiger partial charge is 0.339 e. The Hall–Kier alpha value is -1.99. The highest BCUT2D eigenvalue weighted by molar-refractivity contribution is 7.89. The summed E-state index contributed by atoms with van der Waals surface area (Å²) in [6, 6.07) is 9.22. The number of carbonyl (C=O) groups excluding carboxylic acids is 1. The molecule has 2 heterocycles. The standard InChI is InChI=1S/C18H23N3O3S/c1-2-12-25(23,24)20-16-7-10-21(11-8-16)18(22)15-5-6-17-14(13-15)4-3-9-19-17/h3-6,9,13,16,20H,2,7-8,10-12H2,1H3. The molecule has 0 spiro atoms. The Bertz CT molecular complexity index is 859. The van der Waals surface area contributed by atoms with E-state index in [-0.39, 0.29) is 17.7 Å². The van der Waals surface area contributed by atoms with Crippen LogP contribution in [0.15, 0.2) is 36.5 Å². The van der Waals surface area contributed by atoms with Crippen molar-refractivity contribution in [1.82, 2.24) is 14.6 Å². The lowest BCUT2D eigenvalue weighted by atomic mass is 10.0. The van der Waals surface area contributed by atoms with Gasteiger partial charge in [-0.3, -0.25) is 9.78 Å². The number of amides is 1. The molecule has 0 radical (unpaired) electrons. The van der Waals surface area contributed by atoms with Crippen LogP contribution >= 0.6 is 0 Å². The molecule has 1 aliphatic heterocycles. The van der Waals surface area contributed by atoms with Crippen molar-refractivity contribution in [3.8, 4) is 0 Å². The second-order valence-electron chi connectivity index (χ2n) is 6.41. The van der Waals surface area contributed by atoms with Crippen LogP contribution in [0.3, 0.4) is 0 Å². The highest BCUT2D eigenvalue weighted by Crippen LogP contribution is 2.18. The summed E-state index contributed by atoms with van der Waals surface area (Å²) >= 11 is 0. The molecular formula is C18H23N3O3S. The van der Waals surface area contributed by atoms with Crippen molar-refractivity contribution in [2.45, 2.75) is 32.2 Å². The van der Waals surface area contributed by atoms with E-state index in [1.54, 1.807) is 17.2 Å². The lowest BCUT2D eigenvalue weighted by Gasteiger charge is -2.32. The van der Waals surface area contributed by atoms with Crippen LogP contribution in [-0.4, -0.2) is 49.1 Å². The fourth-order valence-corrected chi connectivity index (χ4v) is 4.57. The topological polar surface area (TPSA) is 79.4 Å². The van der Waals surface area contributed by atoms with Gasteiger partial charge < -0.3 is 4.90 Å². The molecule has 2 aromatic rings. The van der Waals surface area contributed by atoms with Crippen molar-refractivity contribution >= 4 is 26.8 Å². The predicted octanol–water partition coefficient (Wildman–Crippen LogP) is 2.17. The zero-order chi connectivity index (χ0) is 17.9. The summed E-state index contributed by atoms with van der Waals surface area (Å²) in [6.45, 7) is 2.96. The first-order valence-corrected chi connectivity index (χ1v) is 10.3. The van der Waals surface area contributed by atoms with Crippen molar-refractivity contribution in [3.05, 3.63) is 42.1 Å². The average Bonchev–Trinajstić information content (AvgIpc) is 2.61. The van der Waals surface area contributed by atoms with E-state index in [9.17, 15) is 13.2 Å². The van der Waals surface area contributed by atoms with Crippen molar-refractivity contribution < 1.29 is 13.2 Å². The third kappa shape index (κ3) is 4.35. The van der Waals surface area contributed by atoms with Gasteiger partial charge in [0.1, 0.15) is 0 Å². The van der Waals surface area contributed by atoms with Gasteiger partial charge in [0.15, 0.2) is 0 Å². The first-order valence-electron chi connectivity index (χ1n) is 8.62. The van der Waals surface area contributed by atoms with Crippen LogP contribution in [0.1, 0.15) is 36.5 Å². The molecule has 0 unspecified atom stereocenters. The average molecular weight is 361 g/mol. The minimum absolute atomic E-state index is 0.0133. The van der Waals surface area contributed by atoms with E-state index in [1.807, 2.05) is 31.2 Å². The molecular weight excluding hydrogens is 338 g/mol. The molecule has 0 aliphatic carbocycles. The van der Waals surface area contributed by atoms with Crippen LogP contribution in [0.4, 0.5) is 0 Å². The maximum absolute atomic E-state index is 12.7. The van der Waals surface area contributed by atoms with E-state index in [1.165, 1.54) is 0 Å². The van der Waals surface area contributed by atoms with Gasteiger partial charge in [-0.05, 0) is 43.5 Å². The number of fused-ring (bicyclic) bond motifs is 1. The van der Waals surface area contributed by atoms with Crippen LogP contribution in [0, 0.1) is 0 Å². The number of aromatic nitrogens is 1. The fraction of sp³-hybridized carbons (Fsp3) is 0.444. The molecule has 7 heteroatoms. The fourth-order valence-electron chi connectivity index (χ4n) is 3.17. The summed E-state index contributed by atoms with van der Waals surface area (Å²) in [6.07, 6.45) is 3.62. The van der Waals surface area contributed by atoms with Gasteiger partial charge in [-0.2, -0.15) is 0 Å². The summed E-state index contributed by atoms with van der Waals surface area (Å²) in [7, 11) is -3.21. The van der Waals surface area contributed by atoms with E-state index >= 15 is 0 Å². The summed E-state index contributed by atoms with van der Waals surface area (Å²) in [5.74, 6) is 0.137. The highest BCUT2D eigenvalue weighted by Gasteiger charge is 2.26. The summed E-state index contributed by atoms with van der Waals surface area (Å²) in [4.78, 5) is 18.8. The van der Waals surface area contributed by atoms with E-state index in [0.717, 1.165) is 10.9 Å². The Balaban J connectivity index is 1.63. The minimum atomic E-state index is -3.21. The van der Waals surface area contributed by atoms with Crippen molar-refractivity contribution in [3.63, 3.8) is 0 Å². The molecule has 6 nitrogen and oxygen atoms in total. The summed E-state index contributed by atoms with van der Waals surface area (Å²) in [5.41, 5.74) is 1.51. The Kier molecular flexibility index (Phi) is 5.34. The van der Waals surface area contributed by atoms with Crippen molar-refractivity contribution in [2.24, 2.45) is 0 Å². The number of likely N-dealkylation sites (tertiary alicyclic amines) is 1. The number of nitrogens with zero attached hydrogens (tertiary/aromatic N) is 2. The predicted molar refractivity (Wildman–Crippen MR) is 97.9 cm³/mol. The lowest BCUT2D eigenvalue weighted by Crippen LogP contribution is -2.46. The number of hydrogen-bond acceptors (Lipinski definition) is 4. The Labute approximate surface area is 148 Å². The molecule has 0 atom stereocenters. The van der Waals surface area contributed by atoms with Gasteiger partial charge in [-0.25, -0.2) is 13.1 Å². The number of benzene rings is 1. The number of hydrogen-bond donors (Lipinski definition) is 1. The zero-order valence-corrected chi connectivity index (χ0v) is 15.1. The van der Waals surface area contributed by atoms with Gasteiger partial charge in [0.2, 0.25) is 10.0 Å². The molecule has 1 saturated heterocycles. The molecule has 134 valence electrons. The van der Waals surface area contributed by atoms with Crippen LogP contribution in [-0.2, 0) is 10.0 Å². The summed E-state index contributed by atoms with van der Waals surface area (Å²) < 4.78 is 26.5. The van der Waals surface area contributed by atoms with Crippen molar-refractivity contribution in [1.29, 1.82) is 0 Å².